The maximum absolute atomic E-state index is 13.1. The van der Waals surface area contributed by atoms with Crippen LogP contribution in [0.3, 0.4) is 0 Å². The predicted octanol–water partition coefficient (Wildman–Crippen LogP) is -4.74. The number of nitrogens with one attached hydrogen (secondary N) is 4. The number of aliphatic carboxylic acids is 1. The van der Waals surface area contributed by atoms with Gasteiger partial charge in [0.1, 0.15) is 18.1 Å². The van der Waals surface area contributed by atoms with Crippen LogP contribution in [0.1, 0.15) is 44.9 Å². The molecule has 1 aliphatic rings. The highest BCUT2D eigenvalue weighted by Crippen LogP contribution is 2.08. The summed E-state index contributed by atoms with van der Waals surface area (Å²) in [6.07, 6.45) is 1.45. The van der Waals surface area contributed by atoms with Gasteiger partial charge in [-0.05, 0) is 45.1 Å². The third kappa shape index (κ3) is 12.7. The summed E-state index contributed by atoms with van der Waals surface area (Å²) < 4.78 is 0. The van der Waals surface area contributed by atoms with Crippen LogP contribution in [-0.2, 0) is 24.0 Å². The standard InChI is InChI=1S/C21H39N11O6/c22-15(33)10-14(18(36)31-13(19(37)38)6-3-9-29-21(25)26)32-17(35)12(5-2-8-28-20(23)24)30-16(34)11-4-1-7-27-11/h11-14,27H,1-10H2,(H2,22,33)(H,30,34)(H,31,36)(H,32,35)(H,37,38)(H4,23,24,28)(H4,25,26,29)/t11-,12-,13-,14-/m0/s1. The van der Waals surface area contributed by atoms with E-state index in [4.69, 9.17) is 28.7 Å². The molecule has 0 spiro atoms. The molecule has 0 saturated carbocycles. The number of amides is 4. The molecule has 38 heavy (non-hydrogen) atoms. The van der Waals surface area contributed by atoms with Crippen molar-refractivity contribution in [2.45, 2.75) is 69.1 Å². The fraction of sp³-hybridized carbons (Fsp3) is 0.667. The first-order valence-electron chi connectivity index (χ1n) is 12.2. The molecule has 1 saturated heterocycles. The largest absolute Gasteiger partial charge is 0.480 e. The van der Waals surface area contributed by atoms with E-state index in [0.717, 1.165) is 6.42 Å². The Morgan fingerprint density at radius 3 is 1.82 bits per heavy atom. The molecule has 15 N–H and O–H groups in total. The fourth-order valence-electron chi connectivity index (χ4n) is 3.67. The highest BCUT2D eigenvalue weighted by molar-refractivity contribution is 5.96. The van der Waals surface area contributed by atoms with Crippen molar-refractivity contribution in [2.24, 2.45) is 38.7 Å². The second-order valence-electron chi connectivity index (χ2n) is 8.74. The Morgan fingerprint density at radius 1 is 0.816 bits per heavy atom. The van der Waals surface area contributed by atoms with E-state index >= 15 is 0 Å². The van der Waals surface area contributed by atoms with Crippen LogP contribution < -0.4 is 49.9 Å². The topological polar surface area (TPSA) is 309 Å². The molecule has 0 bridgehead atoms. The molecule has 0 aliphatic carbocycles. The summed E-state index contributed by atoms with van der Waals surface area (Å²) in [7, 11) is 0. The number of carboxylic acids is 1. The SMILES string of the molecule is NC(=O)C[C@H](NC(=O)[C@H](CCCN=C(N)N)NC(=O)[C@@H]1CCCN1)C(=O)N[C@@H](CCCN=C(N)N)C(=O)O. The fourth-order valence-corrected chi connectivity index (χ4v) is 3.67. The van der Waals surface area contributed by atoms with E-state index in [-0.39, 0.29) is 44.3 Å². The van der Waals surface area contributed by atoms with E-state index in [1.54, 1.807) is 0 Å². The molecule has 214 valence electrons. The number of primary amides is 1. The number of rotatable bonds is 17. The third-order valence-electron chi connectivity index (χ3n) is 5.55. The molecular formula is C21H39N11O6. The summed E-state index contributed by atoms with van der Waals surface area (Å²) in [5.41, 5.74) is 26.3. The molecule has 17 nitrogen and oxygen atoms in total. The van der Waals surface area contributed by atoms with E-state index in [0.29, 0.717) is 19.4 Å². The average Bonchev–Trinajstić information content (AvgIpc) is 3.36. The number of nitrogens with zero attached hydrogens (tertiary/aromatic N) is 2. The minimum Gasteiger partial charge on any atom is -0.480 e. The Labute approximate surface area is 219 Å². The minimum absolute atomic E-state index is 0.0209. The quantitative estimate of drug-likeness (QED) is 0.0473. The van der Waals surface area contributed by atoms with E-state index in [1.807, 2.05) is 0 Å². The zero-order valence-electron chi connectivity index (χ0n) is 21.2. The number of carbonyl (C=O) groups excluding carboxylic acids is 4. The van der Waals surface area contributed by atoms with Gasteiger partial charge in [-0.25, -0.2) is 4.79 Å². The van der Waals surface area contributed by atoms with E-state index in [1.165, 1.54) is 0 Å². The van der Waals surface area contributed by atoms with Crippen molar-refractivity contribution in [3.8, 4) is 0 Å². The number of hydrogen-bond acceptors (Lipinski definition) is 8. The van der Waals surface area contributed by atoms with Crippen molar-refractivity contribution in [1.82, 2.24) is 21.3 Å². The molecule has 0 unspecified atom stereocenters. The maximum Gasteiger partial charge on any atom is 0.326 e. The molecule has 1 aliphatic heterocycles. The Hall–Kier alpha value is -4.15. The Morgan fingerprint density at radius 2 is 1.34 bits per heavy atom. The van der Waals surface area contributed by atoms with Crippen LogP contribution in [0.25, 0.3) is 0 Å². The van der Waals surface area contributed by atoms with Crippen molar-refractivity contribution in [3.63, 3.8) is 0 Å². The third-order valence-corrected chi connectivity index (χ3v) is 5.55. The molecule has 4 amide bonds. The van der Waals surface area contributed by atoms with Crippen molar-refractivity contribution in [3.05, 3.63) is 0 Å². The Kier molecular flexibility index (Phi) is 13.9. The number of aliphatic imine (C=N–C) groups is 2. The van der Waals surface area contributed by atoms with Gasteiger partial charge in [-0.2, -0.15) is 0 Å². The predicted molar refractivity (Wildman–Crippen MR) is 138 cm³/mol. The summed E-state index contributed by atoms with van der Waals surface area (Å²) in [6.45, 7) is 0.993. The maximum atomic E-state index is 13.1. The number of guanidine groups is 2. The highest BCUT2D eigenvalue weighted by atomic mass is 16.4. The van der Waals surface area contributed by atoms with Gasteiger partial charge in [-0.1, -0.05) is 0 Å². The number of carbonyl (C=O) groups is 5. The second-order valence-corrected chi connectivity index (χ2v) is 8.74. The molecule has 0 aromatic heterocycles. The van der Waals surface area contributed by atoms with Crippen LogP contribution in [0.4, 0.5) is 0 Å². The number of hydrogen-bond donors (Lipinski definition) is 10. The van der Waals surface area contributed by atoms with Crippen LogP contribution in [0.5, 0.6) is 0 Å². The van der Waals surface area contributed by atoms with E-state index in [2.05, 4.69) is 31.3 Å². The van der Waals surface area contributed by atoms with Crippen LogP contribution in [0.15, 0.2) is 9.98 Å². The number of carboxylic acid groups (broad SMARTS) is 1. The van der Waals surface area contributed by atoms with Crippen LogP contribution in [0, 0.1) is 0 Å². The Bertz CT molecular complexity index is 896. The second kappa shape index (κ2) is 16.6. The molecule has 0 aromatic rings. The summed E-state index contributed by atoms with van der Waals surface area (Å²) in [5, 5.41) is 19.8. The first-order valence-corrected chi connectivity index (χ1v) is 12.2. The van der Waals surface area contributed by atoms with Gasteiger partial charge in [0.05, 0.1) is 12.5 Å². The lowest BCUT2D eigenvalue weighted by molar-refractivity contribution is -0.142. The Balaban J connectivity index is 2.93. The van der Waals surface area contributed by atoms with Gasteiger partial charge >= 0.3 is 5.97 Å². The zero-order chi connectivity index (χ0) is 28.7. The smallest absolute Gasteiger partial charge is 0.326 e. The van der Waals surface area contributed by atoms with Gasteiger partial charge in [0.25, 0.3) is 0 Å². The molecule has 17 heteroatoms. The number of nitrogens with two attached hydrogens (primary N) is 5. The zero-order valence-corrected chi connectivity index (χ0v) is 21.2. The van der Waals surface area contributed by atoms with Gasteiger partial charge in [-0.3, -0.25) is 29.2 Å². The summed E-state index contributed by atoms with van der Waals surface area (Å²) in [6, 6.07) is -4.38. The lowest BCUT2D eigenvalue weighted by atomic mass is 10.1. The van der Waals surface area contributed by atoms with Crippen LogP contribution in [0.2, 0.25) is 0 Å². The summed E-state index contributed by atoms with van der Waals surface area (Å²) >= 11 is 0. The first-order chi connectivity index (χ1) is 17.9. The first kappa shape index (κ1) is 31.9. The molecule has 0 radical (unpaired) electrons. The summed E-state index contributed by atoms with van der Waals surface area (Å²) in [4.78, 5) is 69.4. The summed E-state index contributed by atoms with van der Waals surface area (Å²) in [5.74, 6) is -4.62. The van der Waals surface area contributed by atoms with Crippen molar-refractivity contribution < 1.29 is 29.1 Å². The van der Waals surface area contributed by atoms with Crippen molar-refractivity contribution >= 4 is 41.5 Å². The van der Waals surface area contributed by atoms with Gasteiger partial charge in [0.15, 0.2) is 11.9 Å². The molecular weight excluding hydrogens is 502 g/mol. The molecule has 1 rings (SSSR count). The molecule has 4 atom stereocenters. The normalized spacial score (nSPS) is 16.8. The lowest BCUT2D eigenvalue weighted by Gasteiger charge is -2.24. The highest BCUT2D eigenvalue weighted by Gasteiger charge is 2.32. The van der Waals surface area contributed by atoms with Crippen LogP contribution >= 0.6 is 0 Å². The van der Waals surface area contributed by atoms with Crippen molar-refractivity contribution in [2.75, 3.05) is 19.6 Å². The monoisotopic (exact) mass is 541 g/mol. The van der Waals surface area contributed by atoms with Gasteiger partial charge in [-0.15, -0.1) is 0 Å². The average molecular weight is 542 g/mol. The van der Waals surface area contributed by atoms with E-state index < -0.39 is 60.2 Å². The molecule has 1 fully saturated rings. The van der Waals surface area contributed by atoms with Gasteiger partial charge < -0.3 is 55.0 Å². The lowest BCUT2D eigenvalue weighted by Crippen LogP contribution is -2.57. The van der Waals surface area contributed by atoms with Gasteiger partial charge in [0.2, 0.25) is 23.6 Å². The minimum atomic E-state index is -1.48. The molecule has 1 heterocycles. The van der Waals surface area contributed by atoms with Gasteiger partial charge in [0, 0.05) is 13.1 Å². The van der Waals surface area contributed by atoms with Crippen molar-refractivity contribution in [1.29, 1.82) is 0 Å². The van der Waals surface area contributed by atoms with E-state index in [9.17, 15) is 29.1 Å². The van der Waals surface area contributed by atoms with Crippen LogP contribution in [-0.4, -0.2) is 90.4 Å². The molecule has 0 aromatic carbocycles.